The number of carbonyl (C=O) groups excluding carboxylic acids is 1. The number of imidazole rings is 1. The Balaban J connectivity index is 1.55. The van der Waals surface area contributed by atoms with E-state index in [2.05, 4.69) is 15.5 Å². The first-order chi connectivity index (χ1) is 12.1. The van der Waals surface area contributed by atoms with Crippen LogP contribution < -0.4 is 5.32 Å². The SMILES string of the molecule is CCc1cc(CNC(=O)N2CCC[C@@H]([C@@H](O)c3nccn3C)C2)on1. The first-order valence-electron chi connectivity index (χ1n) is 8.71. The molecule has 8 nitrogen and oxygen atoms in total. The van der Waals surface area contributed by atoms with Crippen molar-refractivity contribution in [3.05, 3.63) is 35.7 Å². The second-order valence-corrected chi connectivity index (χ2v) is 6.49. The van der Waals surface area contributed by atoms with Gasteiger partial charge in [0, 0.05) is 44.5 Å². The van der Waals surface area contributed by atoms with Crippen molar-refractivity contribution < 1.29 is 14.4 Å². The number of amides is 2. The van der Waals surface area contributed by atoms with Gasteiger partial charge in [0.05, 0.1) is 12.2 Å². The van der Waals surface area contributed by atoms with E-state index in [4.69, 9.17) is 4.52 Å². The quantitative estimate of drug-likeness (QED) is 0.857. The van der Waals surface area contributed by atoms with Crippen molar-refractivity contribution in [1.82, 2.24) is 24.9 Å². The van der Waals surface area contributed by atoms with Crippen LogP contribution in [0.3, 0.4) is 0 Å². The fourth-order valence-corrected chi connectivity index (χ4v) is 3.21. The Morgan fingerprint density at radius 2 is 2.40 bits per heavy atom. The molecule has 2 N–H and O–H groups in total. The summed E-state index contributed by atoms with van der Waals surface area (Å²) in [5, 5.41) is 17.4. The summed E-state index contributed by atoms with van der Waals surface area (Å²) in [4.78, 5) is 18.4. The molecule has 2 aromatic heterocycles. The maximum absolute atomic E-state index is 12.4. The molecule has 136 valence electrons. The Morgan fingerprint density at radius 3 is 3.08 bits per heavy atom. The van der Waals surface area contributed by atoms with Gasteiger partial charge in [-0.3, -0.25) is 0 Å². The van der Waals surface area contributed by atoms with E-state index in [1.165, 1.54) is 0 Å². The number of hydrogen-bond donors (Lipinski definition) is 2. The lowest BCUT2D eigenvalue weighted by Gasteiger charge is -2.34. The molecule has 1 aliphatic heterocycles. The van der Waals surface area contributed by atoms with Crippen LogP contribution in [0.1, 0.15) is 43.1 Å². The Labute approximate surface area is 146 Å². The van der Waals surface area contributed by atoms with Gasteiger partial charge < -0.3 is 24.4 Å². The molecule has 1 saturated heterocycles. The summed E-state index contributed by atoms with van der Waals surface area (Å²) in [5.41, 5.74) is 0.875. The zero-order valence-electron chi connectivity index (χ0n) is 14.7. The lowest BCUT2D eigenvalue weighted by Crippen LogP contribution is -2.46. The fourth-order valence-electron chi connectivity index (χ4n) is 3.21. The number of likely N-dealkylation sites (tertiary alicyclic amines) is 1. The van der Waals surface area contributed by atoms with Crippen molar-refractivity contribution in [2.75, 3.05) is 13.1 Å². The smallest absolute Gasteiger partial charge is 0.317 e. The number of carbonyl (C=O) groups is 1. The van der Waals surface area contributed by atoms with Gasteiger partial charge in [-0.25, -0.2) is 9.78 Å². The molecule has 1 aliphatic rings. The number of nitrogens with one attached hydrogen (secondary N) is 1. The monoisotopic (exact) mass is 347 g/mol. The summed E-state index contributed by atoms with van der Waals surface area (Å²) < 4.78 is 7.00. The highest BCUT2D eigenvalue weighted by Crippen LogP contribution is 2.28. The van der Waals surface area contributed by atoms with Gasteiger partial charge in [0.25, 0.3) is 0 Å². The van der Waals surface area contributed by atoms with E-state index in [0.717, 1.165) is 25.0 Å². The van der Waals surface area contributed by atoms with Gasteiger partial charge >= 0.3 is 6.03 Å². The average molecular weight is 347 g/mol. The Kier molecular flexibility index (Phi) is 5.37. The van der Waals surface area contributed by atoms with Gasteiger partial charge in [-0.2, -0.15) is 0 Å². The van der Waals surface area contributed by atoms with Crippen molar-refractivity contribution in [3.8, 4) is 0 Å². The molecule has 0 bridgehead atoms. The van der Waals surface area contributed by atoms with Crippen LogP contribution in [-0.2, 0) is 20.0 Å². The minimum Gasteiger partial charge on any atom is -0.385 e. The highest BCUT2D eigenvalue weighted by Gasteiger charge is 2.31. The van der Waals surface area contributed by atoms with Crippen LogP contribution in [0.2, 0.25) is 0 Å². The van der Waals surface area contributed by atoms with Gasteiger partial charge in [0.1, 0.15) is 11.9 Å². The van der Waals surface area contributed by atoms with Crippen molar-refractivity contribution in [1.29, 1.82) is 0 Å². The van der Waals surface area contributed by atoms with Crippen LogP contribution in [-0.4, -0.2) is 43.8 Å². The van der Waals surface area contributed by atoms with Gasteiger partial charge in [-0.1, -0.05) is 12.1 Å². The van der Waals surface area contributed by atoms with E-state index >= 15 is 0 Å². The van der Waals surface area contributed by atoms with Crippen LogP contribution in [0.15, 0.2) is 23.0 Å². The zero-order chi connectivity index (χ0) is 17.8. The summed E-state index contributed by atoms with van der Waals surface area (Å²) in [6, 6.07) is 1.70. The topological polar surface area (TPSA) is 96.4 Å². The first kappa shape index (κ1) is 17.5. The van der Waals surface area contributed by atoms with E-state index in [1.54, 1.807) is 11.1 Å². The number of nitrogens with zero attached hydrogens (tertiary/aromatic N) is 4. The van der Waals surface area contributed by atoms with Crippen molar-refractivity contribution in [2.24, 2.45) is 13.0 Å². The highest BCUT2D eigenvalue weighted by molar-refractivity contribution is 5.74. The molecule has 0 aromatic carbocycles. The normalized spacial score (nSPS) is 19.0. The summed E-state index contributed by atoms with van der Waals surface area (Å²) in [7, 11) is 1.86. The molecular formula is C17H25N5O3. The fraction of sp³-hybridized carbons (Fsp3) is 0.588. The number of aryl methyl sites for hydroxylation is 2. The minimum atomic E-state index is -0.669. The maximum atomic E-state index is 12.4. The summed E-state index contributed by atoms with van der Waals surface area (Å²) in [6.45, 7) is 3.51. The highest BCUT2D eigenvalue weighted by atomic mass is 16.5. The molecule has 0 unspecified atom stereocenters. The van der Waals surface area contributed by atoms with E-state index in [1.807, 2.05) is 30.8 Å². The molecular weight excluding hydrogens is 322 g/mol. The van der Waals surface area contributed by atoms with Crippen LogP contribution >= 0.6 is 0 Å². The number of aliphatic hydroxyl groups is 1. The second kappa shape index (κ2) is 7.69. The third-order valence-electron chi connectivity index (χ3n) is 4.70. The summed E-state index contributed by atoms with van der Waals surface area (Å²) in [6.07, 6.45) is 5.36. The number of aliphatic hydroxyl groups excluding tert-OH is 1. The molecule has 0 spiro atoms. The van der Waals surface area contributed by atoms with E-state index in [0.29, 0.717) is 31.2 Å². The van der Waals surface area contributed by atoms with E-state index < -0.39 is 6.10 Å². The standard InChI is InChI=1S/C17H25N5O3/c1-3-13-9-14(25-20-13)10-19-17(24)22-7-4-5-12(11-22)15(23)16-18-6-8-21(16)2/h6,8-9,12,15,23H,3-5,7,10-11H2,1-2H3,(H,19,24)/t12-,15-/m1/s1. The number of urea groups is 1. The molecule has 0 aliphatic carbocycles. The Bertz CT molecular complexity index is 711. The van der Waals surface area contributed by atoms with Gasteiger partial charge in [-0.05, 0) is 19.3 Å². The molecule has 25 heavy (non-hydrogen) atoms. The lowest BCUT2D eigenvalue weighted by molar-refractivity contribution is 0.0531. The first-order valence-corrected chi connectivity index (χ1v) is 8.71. The van der Waals surface area contributed by atoms with Gasteiger partial charge in [-0.15, -0.1) is 0 Å². The Hall–Kier alpha value is -2.35. The molecule has 3 rings (SSSR count). The molecule has 2 aromatic rings. The summed E-state index contributed by atoms with van der Waals surface area (Å²) in [5.74, 6) is 1.27. The molecule has 2 atom stereocenters. The van der Waals surface area contributed by atoms with Crippen molar-refractivity contribution in [3.63, 3.8) is 0 Å². The van der Waals surface area contributed by atoms with Crippen molar-refractivity contribution in [2.45, 2.75) is 38.8 Å². The molecule has 1 fully saturated rings. The minimum absolute atomic E-state index is 0.0161. The Morgan fingerprint density at radius 1 is 1.56 bits per heavy atom. The van der Waals surface area contributed by atoms with Gasteiger partial charge in [0.2, 0.25) is 0 Å². The molecule has 3 heterocycles. The van der Waals surface area contributed by atoms with Crippen LogP contribution in [0.25, 0.3) is 0 Å². The lowest BCUT2D eigenvalue weighted by atomic mass is 9.92. The third kappa shape index (κ3) is 4.01. The molecule has 0 radical (unpaired) electrons. The predicted octanol–water partition coefficient (Wildman–Crippen LogP) is 1.63. The number of rotatable bonds is 5. The second-order valence-electron chi connectivity index (χ2n) is 6.49. The number of piperidine rings is 1. The number of aromatic nitrogens is 3. The average Bonchev–Trinajstić information content (AvgIpc) is 3.27. The maximum Gasteiger partial charge on any atom is 0.317 e. The largest absolute Gasteiger partial charge is 0.385 e. The van der Waals surface area contributed by atoms with E-state index in [9.17, 15) is 9.90 Å². The van der Waals surface area contributed by atoms with Crippen molar-refractivity contribution >= 4 is 6.03 Å². The third-order valence-corrected chi connectivity index (χ3v) is 4.70. The van der Waals surface area contributed by atoms with Crippen LogP contribution in [0.5, 0.6) is 0 Å². The van der Waals surface area contributed by atoms with Crippen LogP contribution in [0, 0.1) is 5.92 Å². The molecule has 2 amide bonds. The predicted molar refractivity (Wildman–Crippen MR) is 90.6 cm³/mol. The summed E-state index contributed by atoms with van der Waals surface area (Å²) >= 11 is 0. The molecule has 0 saturated carbocycles. The number of hydrogen-bond acceptors (Lipinski definition) is 5. The zero-order valence-corrected chi connectivity index (χ0v) is 14.7. The van der Waals surface area contributed by atoms with E-state index in [-0.39, 0.29) is 11.9 Å². The molecule has 8 heteroatoms. The van der Waals surface area contributed by atoms with Crippen LogP contribution in [0.4, 0.5) is 4.79 Å². The van der Waals surface area contributed by atoms with Gasteiger partial charge in [0.15, 0.2) is 5.76 Å².